The summed E-state index contributed by atoms with van der Waals surface area (Å²) in [4.78, 5) is 12.2. The van der Waals surface area contributed by atoms with Crippen LogP contribution < -0.4 is 10.0 Å². The molecule has 1 aliphatic heterocycles. The van der Waals surface area contributed by atoms with Crippen LogP contribution in [0.1, 0.15) is 30.5 Å². The molecule has 1 heterocycles. The Balaban J connectivity index is 1.81. The summed E-state index contributed by atoms with van der Waals surface area (Å²) < 4.78 is 27.4. The van der Waals surface area contributed by atoms with Gasteiger partial charge in [0.25, 0.3) is 0 Å². The SMILES string of the molecule is Cc1cccc(S(=O)(=O)NCc2ccc3c(c2)C(C)(C)C(=O)N3)c1. The average Bonchev–Trinajstić information content (AvgIpc) is 2.75. The number of benzene rings is 2. The number of fused-ring (bicyclic) bond motifs is 1. The maximum Gasteiger partial charge on any atom is 0.240 e. The van der Waals surface area contributed by atoms with Gasteiger partial charge in [0.2, 0.25) is 15.9 Å². The zero-order valence-electron chi connectivity index (χ0n) is 13.9. The molecule has 1 amide bonds. The van der Waals surface area contributed by atoms with Crippen molar-refractivity contribution in [1.82, 2.24) is 4.72 Å². The van der Waals surface area contributed by atoms with Crippen LogP contribution in [0.3, 0.4) is 0 Å². The van der Waals surface area contributed by atoms with Crippen LogP contribution in [0, 0.1) is 6.92 Å². The highest BCUT2D eigenvalue weighted by Gasteiger charge is 2.38. The van der Waals surface area contributed by atoms with E-state index < -0.39 is 15.4 Å². The molecule has 2 aromatic rings. The number of aryl methyl sites for hydroxylation is 1. The molecule has 0 aliphatic carbocycles. The Bertz CT molecular complexity index is 918. The molecule has 0 radical (unpaired) electrons. The van der Waals surface area contributed by atoms with Crippen LogP contribution in [0.15, 0.2) is 47.4 Å². The summed E-state index contributed by atoms with van der Waals surface area (Å²) in [5.74, 6) is -0.0463. The van der Waals surface area contributed by atoms with Gasteiger partial charge in [0, 0.05) is 12.2 Å². The Morgan fingerprint density at radius 1 is 1.12 bits per heavy atom. The minimum absolute atomic E-state index is 0.0463. The summed E-state index contributed by atoms with van der Waals surface area (Å²) in [6.45, 7) is 5.74. The highest BCUT2D eigenvalue weighted by atomic mass is 32.2. The van der Waals surface area contributed by atoms with Gasteiger partial charge in [-0.1, -0.05) is 24.3 Å². The normalized spacial score (nSPS) is 15.9. The molecule has 6 heteroatoms. The second kappa shape index (κ2) is 5.72. The largest absolute Gasteiger partial charge is 0.325 e. The van der Waals surface area contributed by atoms with E-state index in [0.29, 0.717) is 0 Å². The molecule has 24 heavy (non-hydrogen) atoms. The Labute approximate surface area is 142 Å². The van der Waals surface area contributed by atoms with Crippen LogP contribution in [-0.2, 0) is 26.8 Å². The zero-order valence-corrected chi connectivity index (χ0v) is 14.7. The first-order valence-corrected chi connectivity index (χ1v) is 9.20. The van der Waals surface area contributed by atoms with Crippen molar-refractivity contribution in [3.05, 3.63) is 59.2 Å². The first kappa shape index (κ1) is 16.7. The van der Waals surface area contributed by atoms with Crippen LogP contribution in [0.4, 0.5) is 5.69 Å². The lowest BCUT2D eigenvalue weighted by Gasteiger charge is -2.16. The Morgan fingerprint density at radius 2 is 1.88 bits per heavy atom. The van der Waals surface area contributed by atoms with Gasteiger partial charge in [0.15, 0.2) is 0 Å². The molecule has 126 valence electrons. The number of sulfonamides is 1. The topological polar surface area (TPSA) is 75.3 Å². The highest BCUT2D eigenvalue weighted by molar-refractivity contribution is 7.89. The van der Waals surface area contributed by atoms with Crippen molar-refractivity contribution in [3.8, 4) is 0 Å². The van der Waals surface area contributed by atoms with E-state index in [4.69, 9.17) is 0 Å². The number of nitrogens with one attached hydrogen (secondary N) is 2. The summed E-state index contributed by atoms with van der Waals surface area (Å²) in [7, 11) is -3.57. The Morgan fingerprint density at radius 3 is 2.58 bits per heavy atom. The molecule has 2 N–H and O–H groups in total. The number of hydrogen-bond acceptors (Lipinski definition) is 3. The fraction of sp³-hybridized carbons (Fsp3) is 0.278. The summed E-state index contributed by atoms with van der Waals surface area (Å²) >= 11 is 0. The minimum atomic E-state index is -3.57. The van der Waals surface area contributed by atoms with Crippen LogP contribution >= 0.6 is 0 Å². The van der Waals surface area contributed by atoms with E-state index >= 15 is 0 Å². The third-order valence-electron chi connectivity index (χ3n) is 4.34. The number of amides is 1. The van der Waals surface area contributed by atoms with Crippen molar-refractivity contribution in [2.24, 2.45) is 0 Å². The molecule has 0 unspecified atom stereocenters. The average molecular weight is 344 g/mol. The molecule has 0 atom stereocenters. The van der Waals surface area contributed by atoms with Gasteiger partial charge in [0.1, 0.15) is 0 Å². The third kappa shape index (κ3) is 2.95. The molecule has 0 saturated heterocycles. The lowest BCUT2D eigenvalue weighted by molar-refractivity contribution is -0.119. The molecule has 0 bridgehead atoms. The van der Waals surface area contributed by atoms with E-state index in [9.17, 15) is 13.2 Å². The second-order valence-corrected chi connectivity index (χ2v) is 8.37. The quantitative estimate of drug-likeness (QED) is 0.895. The zero-order chi connectivity index (χ0) is 17.5. The van der Waals surface area contributed by atoms with Crippen molar-refractivity contribution in [1.29, 1.82) is 0 Å². The monoisotopic (exact) mass is 344 g/mol. The second-order valence-electron chi connectivity index (χ2n) is 6.60. The number of hydrogen-bond donors (Lipinski definition) is 2. The maximum absolute atomic E-state index is 12.4. The van der Waals surface area contributed by atoms with Crippen molar-refractivity contribution < 1.29 is 13.2 Å². The van der Waals surface area contributed by atoms with Crippen molar-refractivity contribution in [2.45, 2.75) is 37.6 Å². The number of rotatable bonds is 4. The molecule has 0 spiro atoms. The van der Waals surface area contributed by atoms with Gasteiger partial charge >= 0.3 is 0 Å². The molecular formula is C18H20N2O3S. The van der Waals surface area contributed by atoms with E-state index in [2.05, 4.69) is 10.0 Å². The van der Waals surface area contributed by atoms with Gasteiger partial charge < -0.3 is 5.32 Å². The Hall–Kier alpha value is -2.18. The molecule has 0 saturated carbocycles. The molecule has 5 nitrogen and oxygen atoms in total. The lowest BCUT2D eigenvalue weighted by atomic mass is 9.85. The van der Waals surface area contributed by atoms with Crippen molar-refractivity contribution >= 4 is 21.6 Å². The summed E-state index contributed by atoms with van der Waals surface area (Å²) in [6, 6.07) is 12.3. The van der Waals surface area contributed by atoms with Crippen molar-refractivity contribution in [2.75, 3.05) is 5.32 Å². The molecule has 2 aromatic carbocycles. The molecular weight excluding hydrogens is 324 g/mol. The van der Waals surface area contributed by atoms with Gasteiger partial charge in [-0.25, -0.2) is 13.1 Å². The summed E-state index contributed by atoms with van der Waals surface area (Å²) in [5.41, 5.74) is 2.77. The minimum Gasteiger partial charge on any atom is -0.325 e. The van der Waals surface area contributed by atoms with E-state index in [0.717, 1.165) is 22.4 Å². The Kier molecular flexibility index (Phi) is 3.97. The smallest absolute Gasteiger partial charge is 0.240 e. The molecule has 0 aromatic heterocycles. The number of anilines is 1. The van der Waals surface area contributed by atoms with Crippen molar-refractivity contribution in [3.63, 3.8) is 0 Å². The van der Waals surface area contributed by atoms with E-state index in [-0.39, 0.29) is 17.3 Å². The number of carbonyl (C=O) groups is 1. The van der Waals surface area contributed by atoms with Gasteiger partial charge in [0.05, 0.1) is 10.3 Å². The van der Waals surface area contributed by atoms with Gasteiger partial charge in [-0.15, -0.1) is 0 Å². The van der Waals surface area contributed by atoms with Crippen LogP contribution in [0.25, 0.3) is 0 Å². The van der Waals surface area contributed by atoms with Gasteiger partial charge in [-0.05, 0) is 55.7 Å². The summed E-state index contributed by atoms with van der Waals surface area (Å²) in [6.07, 6.45) is 0. The van der Waals surface area contributed by atoms with E-state index in [1.165, 1.54) is 0 Å². The van der Waals surface area contributed by atoms with E-state index in [1.807, 2.05) is 45.0 Å². The van der Waals surface area contributed by atoms with Crippen LogP contribution in [0.5, 0.6) is 0 Å². The number of carbonyl (C=O) groups excluding carboxylic acids is 1. The van der Waals surface area contributed by atoms with E-state index in [1.54, 1.807) is 18.2 Å². The standard InChI is InChI=1S/C18H20N2O3S/c1-12-5-4-6-14(9-12)24(22,23)19-11-13-7-8-16-15(10-13)18(2,3)17(21)20-16/h4-10,19H,11H2,1-3H3,(H,20,21). The fourth-order valence-corrected chi connectivity index (χ4v) is 3.89. The summed E-state index contributed by atoms with van der Waals surface area (Å²) in [5, 5.41) is 2.84. The predicted octanol–water partition coefficient (Wildman–Crippen LogP) is 2.70. The first-order chi connectivity index (χ1) is 11.2. The lowest BCUT2D eigenvalue weighted by Crippen LogP contribution is -2.27. The van der Waals surface area contributed by atoms with Gasteiger partial charge in [-0.2, -0.15) is 0 Å². The molecule has 0 fully saturated rings. The molecule has 1 aliphatic rings. The molecule has 3 rings (SSSR count). The third-order valence-corrected chi connectivity index (χ3v) is 5.74. The van der Waals surface area contributed by atoms with Crippen LogP contribution in [-0.4, -0.2) is 14.3 Å². The predicted molar refractivity (Wildman–Crippen MR) is 93.3 cm³/mol. The highest BCUT2D eigenvalue weighted by Crippen LogP contribution is 2.37. The maximum atomic E-state index is 12.4. The van der Waals surface area contributed by atoms with Crippen LogP contribution in [0.2, 0.25) is 0 Å². The van der Waals surface area contributed by atoms with Gasteiger partial charge in [-0.3, -0.25) is 4.79 Å². The first-order valence-electron chi connectivity index (χ1n) is 7.71. The fourth-order valence-electron chi connectivity index (χ4n) is 2.77.